The number of Topliss-reactive ketones (excluding diaryl/α,β-unsaturated/α-hetero) is 1. The molecule has 0 saturated carbocycles. The predicted octanol–water partition coefficient (Wildman–Crippen LogP) is -0.529. The van der Waals surface area contributed by atoms with Gasteiger partial charge in [-0.1, -0.05) is 0 Å². The molecule has 0 amide bonds. The van der Waals surface area contributed by atoms with Crippen molar-refractivity contribution in [2.75, 3.05) is 46.4 Å². The minimum Gasteiger partial charge on any atom is -0.497 e. The summed E-state index contributed by atoms with van der Waals surface area (Å²) in [7, 11) is 1.65. The van der Waals surface area contributed by atoms with Gasteiger partial charge in [0.15, 0.2) is 0 Å². The second kappa shape index (κ2) is 6.72. The molecule has 5 nitrogen and oxygen atoms in total. The number of rotatable bonds is 5. The van der Waals surface area contributed by atoms with Crippen LogP contribution in [0.1, 0.15) is 23.0 Å². The zero-order chi connectivity index (χ0) is 16.4. The molecule has 3 rings (SSSR count). The Kier molecular flexibility index (Phi) is 4.68. The number of likely N-dealkylation sites (N-methyl/N-ethyl adjacent to an activating group) is 1. The number of carbonyl (C=O) groups is 1. The molecule has 1 fully saturated rings. The fourth-order valence-corrected chi connectivity index (χ4v) is 3.59. The lowest BCUT2D eigenvalue weighted by molar-refractivity contribution is -1.01. The summed E-state index contributed by atoms with van der Waals surface area (Å²) in [6, 6.07) is 5.86. The first-order valence-corrected chi connectivity index (χ1v) is 8.49. The third-order valence-corrected chi connectivity index (χ3v) is 5.05. The van der Waals surface area contributed by atoms with E-state index >= 15 is 0 Å². The average molecular weight is 317 g/mol. The van der Waals surface area contributed by atoms with Gasteiger partial charge in [-0.05, 0) is 32.0 Å². The van der Waals surface area contributed by atoms with Crippen LogP contribution in [0, 0.1) is 6.92 Å². The quantitative estimate of drug-likeness (QED) is 0.650. The Morgan fingerprint density at radius 3 is 2.57 bits per heavy atom. The van der Waals surface area contributed by atoms with E-state index in [-0.39, 0.29) is 5.78 Å². The summed E-state index contributed by atoms with van der Waals surface area (Å²) in [4.78, 5) is 19.2. The molecule has 1 saturated heterocycles. The topological polar surface area (TPSA) is 51.0 Å². The van der Waals surface area contributed by atoms with Gasteiger partial charge in [0, 0.05) is 16.6 Å². The number of ether oxygens (including phenoxy) is 1. The number of nitrogens with one attached hydrogen (secondary N) is 3. The number of benzene rings is 1. The van der Waals surface area contributed by atoms with E-state index in [1.54, 1.807) is 12.0 Å². The Balaban J connectivity index is 1.79. The molecular formula is C18H27N3O2+2. The van der Waals surface area contributed by atoms with Gasteiger partial charge >= 0.3 is 0 Å². The Bertz CT molecular complexity index is 700. The number of quaternary nitrogens is 2. The summed E-state index contributed by atoms with van der Waals surface area (Å²) < 4.78 is 5.31. The number of carbonyl (C=O) groups excluding carboxylic acids is 1. The maximum absolute atomic E-state index is 12.9. The van der Waals surface area contributed by atoms with Gasteiger partial charge in [-0.25, -0.2) is 0 Å². The van der Waals surface area contributed by atoms with E-state index in [0.717, 1.165) is 41.0 Å². The minimum atomic E-state index is 0.233. The highest BCUT2D eigenvalue weighted by Gasteiger charge is 2.26. The molecular weight excluding hydrogens is 290 g/mol. The lowest BCUT2D eigenvalue weighted by Gasteiger charge is -2.28. The van der Waals surface area contributed by atoms with Crippen molar-refractivity contribution in [3.8, 4) is 5.75 Å². The van der Waals surface area contributed by atoms with E-state index in [9.17, 15) is 4.79 Å². The lowest BCUT2D eigenvalue weighted by atomic mass is 10.1. The maximum Gasteiger partial charge on any atom is 0.219 e. The highest BCUT2D eigenvalue weighted by molar-refractivity contribution is 6.10. The number of hydrogen-bond acceptors (Lipinski definition) is 2. The average Bonchev–Trinajstić information content (AvgIpc) is 2.90. The fourth-order valence-electron chi connectivity index (χ4n) is 3.59. The van der Waals surface area contributed by atoms with Crippen molar-refractivity contribution >= 4 is 16.7 Å². The van der Waals surface area contributed by atoms with E-state index in [0.29, 0.717) is 6.54 Å². The molecule has 0 atom stereocenters. The Hall–Kier alpha value is -1.85. The highest BCUT2D eigenvalue weighted by atomic mass is 16.5. The molecule has 0 aliphatic carbocycles. The molecule has 1 aliphatic heterocycles. The molecule has 124 valence electrons. The van der Waals surface area contributed by atoms with E-state index in [1.165, 1.54) is 24.5 Å². The molecule has 0 radical (unpaired) electrons. The molecule has 0 spiro atoms. The monoisotopic (exact) mass is 317 g/mol. The van der Waals surface area contributed by atoms with Gasteiger partial charge in [0.1, 0.15) is 38.5 Å². The number of H-pyrrole nitrogens is 1. The minimum absolute atomic E-state index is 0.233. The zero-order valence-corrected chi connectivity index (χ0v) is 14.3. The molecule has 5 heteroatoms. The third kappa shape index (κ3) is 3.26. The van der Waals surface area contributed by atoms with E-state index < -0.39 is 0 Å². The number of aryl methyl sites for hydroxylation is 1. The van der Waals surface area contributed by atoms with E-state index in [4.69, 9.17) is 4.74 Å². The van der Waals surface area contributed by atoms with E-state index in [2.05, 4.69) is 11.9 Å². The number of aromatic nitrogens is 1. The summed E-state index contributed by atoms with van der Waals surface area (Å²) in [5, 5.41) is 0.976. The Morgan fingerprint density at radius 2 is 1.91 bits per heavy atom. The molecule has 0 unspecified atom stereocenters. The SMILES string of the molecule is CC[NH+]1CC[NH+](CC(=O)c2c(C)[nH]c3ccc(OC)cc23)CC1. The molecule has 2 heterocycles. The van der Waals surface area contributed by atoms with Crippen molar-refractivity contribution in [1.82, 2.24) is 4.98 Å². The summed E-state index contributed by atoms with van der Waals surface area (Å²) in [5.74, 6) is 1.02. The van der Waals surface area contributed by atoms with Crippen molar-refractivity contribution in [2.45, 2.75) is 13.8 Å². The standard InChI is InChI=1S/C18H25N3O2/c1-4-20-7-9-21(10-8-20)12-17(22)18-13(2)19-16-6-5-14(23-3)11-15(16)18/h5-6,11,19H,4,7-10,12H2,1-3H3/p+2. The van der Waals surface area contributed by atoms with Crippen LogP contribution in [-0.4, -0.2) is 57.1 Å². The van der Waals surface area contributed by atoms with Gasteiger partial charge < -0.3 is 19.5 Å². The molecule has 1 aromatic carbocycles. The van der Waals surface area contributed by atoms with E-state index in [1.807, 2.05) is 25.1 Å². The van der Waals surface area contributed by atoms with Crippen LogP contribution < -0.4 is 14.5 Å². The van der Waals surface area contributed by atoms with Gasteiger partial charge in [0.05, 0.1) is 19.2 Å². The van der Waals surface area contributed by atoms with Crippen molar-refractivity contribution in [3.63, 3.8) is 0 Å². The summed E-state index contributed by atoms with van der Waals surface area (Å²) >= 11 is 0. The van der Waals surface area contributed by atoms with Crippen molar-refractivity contribution in [1.29, 1.82) is 0 Å². The number of ketones is 1. The van der Waals surface area contributed by atoms with Gasteiger partial charge in [-0.2, -0.15) is 0 Å². The van der Waals surface area contributed by atoms with Gasteiger partial charge in [-0.3, -0.25) is 4.79 Å². The zero-order valence-electron chi connectivity index (χ0n) is 14.3. The number of aromatic amines is 1. The second-order valence-electron chi connectivity index (χ2n) is 6.49. The smallest absolute Gasteiger partial charge is 0.219 e. The molecule has 0 bridgehead atoms. The first kappa shape index (κ1) is 16.0. The van der Waals surface area contributed by atoms with Gasteiger partial charge in [0.25, 0.3) is 0 Å². The first-order valence-electron chi connectivity index (χ1n) is 8.49. The number of fused-ring (bicyclic) bond motifs is 1. The lowest BCUT2D eigenvalue weighted by Crippen LogP contribution is -3.28. The van der Waals surface area contributed by atoms with Crippen molar-refractivity contribution in [3.05, 3.63) is 29.5 Å². The molecule has 3 N–H and O–H groups in total. The third-order valence-electron chi connectivity index (χ3n) is 5.05. The second-order valence-corrected chi connectivity index (χ2v) is 6.49. The van der Waals surface area contributed by atoms with Crippen molar-refractivity contribution < 1.29 is 19.3 Å². The Morgan fingerprint density at radius 1 is 1.22 bits per heavy atom. The molecule has 1 aromatic heterocycles. The molecule has 2 aromatic rings. The summed E-state index contributed by atoms with van der Waals surface area (Å²) in [6.45, 7) is 10.5. The largest absolute Gasteiger partial charge is 0.497 e. The van der Waals surface area contributed by atoms with Crippen LogP contribution in [0.2, 0.25) is 0 Å². The van der Waals surface area contributed by atoms with Crippen LogP contribution in [-0.2, 0) is 0 Å². The summed E-state index contributed by atoms with van der Waals surface area (Å²) in [6.07, 6.45) is 0. The van der Waals surface area contributed by atoms with Crippen LogP contribution in [0.4, 0.5) is 0 Å². The maximum atomic E-state index is 12.9. The van der Waals surface area contributed by atoms with Crippen molar-refractivity contribution in [2.24, 2.45) is 0 Å². The molecule has 1 aliphatic rings. The van der Waals surface area contributed by atoms with Crippen LogP contribution in [0.3, 0.4) is 0 Å². The van der Waals surface area contributed by atoms with Crippen LogP contribution >= 0.6 is 0 Å². The summed E-state index contributed by atoms with van der Waals surface area (Å²) in [5.41, 5.74) is 2.79. The normalized spacial score (nSPS) is 21.5. The first-order chi connectivity index (χ1) is 11.1. The number of methoxy groups -OCH3 is 1. The van der Waals surface area contributed by atoms with Gasteiger partial charge in [-0.15, -0.1) is 0 Å². The van der Waals surface area contributed by atoms with Gasteiger partial charge in [0.2, 0.25) is 5.78 Å². The van der Waals surface area contributed by atoms with Crippen LogP contribution in [0.25, 0.3) is 10.9 Å². The number of piperazine rings is 1. The predicted molar refractivity (Wildman–Crippen MR) is 90.7 cm³/mol. The number of hydrogen-bond donors (Lipinski definition) is 3. The van der Waals surface area contributed by atoms with Crippen LogP contribution in [0.5, 0.6) is 5.75 Å². The fraction of sp³-hybridized carbons (Fsp3) is 0.500. The molecule has 23 heavy (non-hydrogen) atoms. The van der Waals surface area contributed by atoms with Crippen LogP contribution in [0.15, 0.2) is 18.2 Å². The Labute approximate surface area is 137 Å². The highest BCUT2D eigenvalue weighted by Crippen LogP contribution is 2.26.